The number of rotatable bonds is 16. The van der Waals surface area contributed by atoms with Crippen LogP contribution < -0.4 is 20.7 Å². The number of nitrogens with zero attached hydrogens (tertiary/aromatic N) is 3. The number of hydrogen-bond donors (Lipinski definition) is 3. The molecule has 2 aliphatic rings. The van der Waals surface area contributed by atoms with Gasteiger partial charge in [-0.15, -0.1) is 0 Å². The second kappa shape index (κ2) is 27.1. The molecule has 0 aliphatic carbocycles. The van der Waals surface area contributed by atoms with Crippen molar-refractivity contribution in [2.24, 2.45) is 23.7 Å². The largest absolute Gasteiger partial charge is 0.497 e. The van der Waals surface area contributed by atoms with E-state index in [2.05, 4.69) is 16.0 Å². The molecule has 0 radical (unpaired) electrons. The summed E-state index contributed by atoms with van der Waals surface area (Å²) in [6.45, 7) is 18.4. The SMILES string of the molecule is CC[C@H](C)[C@@H]1CCC(=O)O[C@@H](C(C)C)C(=O)N[C@@H](CC(C)C)C(=O)N2CCC[C@H]2C(=O)N(C)[C@@H](Cc2ccc(OC)cc2)C(=O)O[C@H](CC)[C@H](NC(=O)[C@@H](CC(C)C)N(C)S(=O)(=O)c2ccc(C)cc2)C(=O)N1. The predicted molar refractivity (Wildman–Crippen MR) is 276 cm³/mol. The minimum atomic E-state index is -4.25. The van der Waals surface area contributed by atoms with Gasteiger partial charge in [0.1, 0.15) is 42.1 Å². The summed E-state index contributed by atoms with van der Waals surface area (Å²) < 4.78 is 46.7. The summed E-state index contributed by atoms with van der Waals surface area (Å²) in [5.74, 6) is -5.37. The first-order chi connectivity index (χ1) is 34.3. The molecule has 5 amide bonds. The number of aryl methyl sites for hydroxylation is 1. The summed E-state index contributed by atoms with van der Waals surface area (Å²) >= 11 is 0. The van der Waals surface area contributed by atoms with Gasteiger partial charge in [-0.3, -0.25) is 28.8 Å². The van der Waals surface area contributed by atoms with Crippen LogP contribution in [0.2, 0.25) is 0 Å². The van der Waals surface area contributed by atoms with Crippen LogP contribution in [0.15, 0.2) is 53.4 Å². The molecule has 2 aromatic rings. The topological polar surface area (TPSA) is 227 Å². The van der Waals surface area contributed by atoms with Crippen LogP contribution >= 0.6 is 0 Å². The third-order valence-electron chi connectivity index (χ3n) is 14.0. The molecular weight excluding hydrogens is 957 g/mol. The summed E-state index contributed by atoms with van der Waals surface area (Å²) in [7, 11) is 0.0250. The highest BCUT2D eigenvalue weighted by Crippen LogP contribution is 2.27. The van der Waals surface area contributed by atoms with E-state index in [1.807, 2.05) is 48.5 Å². The highest BCUT2D eigenvalue weighted by atomic mass is 32.2. The summed E-state index contributed by atoms with van der Waals surface area (Å²) in [5.41, 5.74) is 1.47. The number of cyclic esters (lactones) is 2. The molecule has 406 valence electrons. The maximum Gasteiger partial charge on any atom is 0.329 e. The number of hydrogen-bond acceptors (Lipinski definition) is 12. The maximum absolute atomic E-state index is 15.0. The monoisotopic (exact) mass is 1040 g/mol. The average Bonchev–Trinajstić information content (AvgIpc) is 3.84. The minimum Gasteiger partial charge on any atom is -0.497 e. The molecule has 4 rings (SSSR count). The number of likely N-dealkylation sites (N-methyl/N-ethyl adjacent to an activating group) is 2. The number of benzene rings is 2. The third kappa shape index (κ3) is 16.0. The highest BCUT2D eigenvalue weighted by molar-refractivity contribution is 7.89. The lowest BCUT2D eigenvalue weighted by Gasteiger charge is -2.36. The first kappa shape index (κ1) is 60.0. The van der Waals surface area contributed by atoms with E-state index in [9.17, 15) is 42.0 Å². The molecular formula is C54H82N6O12S. The Morgan fingerprint density at radius 3 is 2.07 bits per heavy atom. The molecule has 0 aromatic heterocycles. The van der Waals surface area contributed by atoms with Crippen LogP contribution in [-0.4, -0.2) is 140 Å². The zero-order chi connectivity index (χ0) is 54.5. The van der Waals surface area contributed by atoms with Gasteiger partial charge in [-0.2, -0.15) is 4.31 Å². The number of sulfonamides is 1. The fourth-order valence-electron chi connectivity index (χ4n) is 9.31. The third-order valence-corrected chi connectivity index (χ3v) is 15.9. The van der Waals surface area contributed by atoms with E-state index in [0.29, 0.717) is 24.2 Å². The summed E-state index contributed by atoms with van der Waals surface area (Å²) in [5, 5.41) is 8.67. The molecule has 73 heavy (non-hydrogen) atoms. The normalized spacial score (nSPS) is 24.4. The Morgan fingerprint density at radius 2 is 1.51 bits per heavy atom. The molecule has 2 aliphatic heterocycles. The number of methoxy groups -OCH3 is 1. The van der Waals surface area contributed by atoms with E-state index in [1.54, 1.807) is 57.2 Å². The Labute approximate surface area is 433 Å². The van der Waals surface area contributed by atoms with Crippen LogP contribution in [0.3, 0.4) is 0 Å². The number of amides is 5. The standard InChI is InChI=1S/C54H82N6O12S/c1-14-36(10)40-26-27-46(61)72-48(34(7)8)51(64)56-41(29-32(3)4)52(65)60-28-16-17-42(60)53(66)58(11)44(31-37-20-22-38(70-13)23-21-37)54(67)71-45(15-2)47(50(63)55-40)57-49(62)43(30-33(5)6)59(12)73(68,69)39-24-18-35(9)19-25-39/h18-25,32-34,36,40-45,47-48H,14-17,26-31H2,1-13H3,(H,55,63)(H,56,64)(H,57,62)/t36-,40-,41-,42-,43+,44-,45+,47-,48-/m0/s1. The van der Waals surface area contributed by atoms with Crippen molar-refractivity contribution in [3.8, 4) is 5.75 Å². The molecule has 2 aromatic carbocycles. The van der Waals surface area contributed by atoms with Gasteiger partial charge < -0.3 is 40.0 Å². The van der Waals surface area contributed by atoms with E-state index in [-0.39, 0.29) is 74.1 Å². The van der Waals surface area contributed by atoms with Gasteiger partial charge in [0.2, 0.25) is 33.7 Å². The average molecular weight is 1040 g/mol. The molecule has 9 atom stereocenters. The Kier molecular flexibility index (Phi) is 22.3. The molecule has 3 N–H and O–H groups in total. The van der Waals surface area contributed by atoms with Crippen LogP contribution in [0, 0.1) is 30.6 Å². The molecule has 2 fully saturated rings. The van der Waals surface area contributed by atoms with Crippen LogP contribution in [-0.2, 0) is 59.5 Å². The quantitative estimate of drug-likeness (QED) is 0.182. The minimum absolute atomic E-state index is 0.0243. The summed E-state index contributed by atoms with van der Waals surface area (Å²) in [6.07, 6.45) is -1.34. The molecule has 0 spiro atoms. The van der Waals surface area contributed by atoms with Crippen molar-refractivity contribution in [1.82, 2.24) is 30.1 Å². The van der Waals surface area contributed by atoms with Gasteiger partial charge in [0, 0.05) is 39.5 Å². The maximum atomic E-state index is 15.0. The van der Waals surface area contributed by atoms with Crippen molar-refractivity contribution < 1.29 is 56.2 Å². The fraction of sp³-hybridized carbons (Fsp3) is 0.648. The van der Waals surface area contributed by atoms with Gasteiger partial charge in [0.05, 0.1) is 12.0 Å². The lowest BCUT2D eigenvalue weighted by Crippen LogP contribution is -2.61. The number of ether oxygens (including phenoxy) is 3. The van der Waals surface area contributed by atoms with Gasteiger partial charge >= 0.3 is 11.9 Å². The van der Waals surface area contributed by atoms with Gasteiger partial charge in [-0.05, 0) is 98.9 Å². The first-order valence-electron chi connectivity index (χ1n) is 25.9. The number of carbonyl (C=O) groups is 7. The molecule has 19 heteroatoms. The van der Waals surface area contributed by atoms with Crippen molar-refractivity contribution in [3.63, 3.8) is 0 Å². The lowest BCUT2D eigenvalue weighted by molar-refractivity contribution is -0.163. The molecule has 18 nitrogen and oxygen atoms in total. The van der Waals surface area contributed by atoms with Crippen molar-refractivity contribution in [2.75, 3.05) is 27.7 Å². The van der Waals surface area contributed by atoms with Crippen molar-refractivity contribution in [2.45, 2.75) is 180 Å². The molecule has 0 saturated carbocycles. The van der Waals surface area contributed by atoms with Gasteiger partial charge in [-0.1, -0.05) is 98.6 Å². The smallest absolute Gasteiger partial charge is 0.329 e. The van der Waals surface area contributed by atoms with Crippen molar-refractivity contribution in [1.29, 1.82) is 0 Å². The van der Waals surface area contributed by atoms with Crippen LogP contribution in [0.4, 0.5) is 0 Å². The zero-order valence-corrected chi connectivity index (χ0v) is 46.1. The lowest BCUT2D eigenvalue weighted by atomic mass is 9.94. The van der Waals surface area contributed by atoms with Crippen LogP contribution in [0.25, 0.3) is 0 Å². The van der Waals surface area contributed by atoms with Crippen LogP contribution in [0.5, 0.6) is 5.75 Å². The molecule has 2 saturated heterocycles. The molecule has 2 heterocycles. The van der Waals surface area contributed by atoms with E-state index >= 15 is 0 Å². The van der Waals surface area contributed by atoms with Gasteiger partial charge in [0.15, 0.2) is 6.10 Å². The van der Waals surface area contributed by atoms with Crippen LogP contribution in [0.1, 0.15) is 125 Å². The number of esters is 2. The van der Waals surface area contributed by atoms with E-state index in [1.165, 1.54) is 43.1 Å². The van der Waals surface area contributed by atoms with E-state index < -0.39 is 106 Å². The Balaban J connectivity index is 1.89. The van der Waals surface area contributed by atoms with Gasteiger partial charge in [-0.25, -0.2) is 13.2 Å². The molecule has 0 unspecified atom stereocenters. The highest BCUT2D eigenvalue weighted by Gasteiger charge is 2.45. The predicted octanol–water partition coefficient (Wildman–Crippen LogP) is 5.33. The molecule has 0 bridgehead atoms. The van der Waals surface area contributed by atoms with Gasteiger partial charge in [0.25, 0.3) is 5.91 Å². The van der Waals surface area contributed by atoms with Crippen molar-refractivity contribution in [3.05, 3.63) is 59.7 Å². The Bertz CT molecular complexity index is 2330. The summed E-state index contributed by atoms with van der Waals surface area (Å²) in [4.78, 5) is 105. The number of fused-ring (bicyclic) bond motifs is 1. The first-order valence-corrected chi connectivity index (χ1v) is 27.3. The fourth-order valence-corrected chi connectivity index (χ4v) is 10.6. The Morgan fingerprint density at radius 1 is 0.863 bits per heavy atom. The Hall–Kier alpha value is -5.56. The summed E-state index contributed by atoms with van der Waals surface area (Å²) in [6, 6.07) is 6.07. The van der Waals surface area contributed by atoms with Crippen molar-refractivity contribution >= 4 is 51.5 Å². The second-order valence-electron chi connectivity index (χ2n) is 20.9. The number of nitrogens with one attached hydrogen (secondary N) is 3. The zero-order valence-electron chi connectivity index (χ0n) is 45.3. The second-order valence-corrected chi connectivity index (χ2v) is 22.9. The van der Waals surface area contributed by atoms with E-state index in [0.717, 1.165) is 9.87 Å². The van der Waals surface area contributed by atoms with E-state index in [4.69, 9.17) is 14.2 Å². The number of carbonyl (C=O) groups excluding carboxylic acids is 7.